The molecule has 0 bridgehead atoms. The Morgan fingerprint density at radius 1 is 1.45 bits per heavy atom. The molecule has 6 heteroatoms. The van der Waals surface area contributed by atoms with E-state index >= 15 is 0 Å². The number of hydrogen-bond acceptors (Lipinski definition) is 4. The van der Waals surface area contributed by atoms with Gasteiger partial charge in [-0.15, -0.1) is 0 Å². The molecule has 11 heavy (non-hydrogen) atoms. The van der Waals surface area contributed by atoms with Crippen molar-refractivity contribution in [2.75, 3.05) is 0 Å². The minimum atomic E-state index is -3.38. The van der Waals surface area contributed by atoms with E-state index in [1.54, 1.807) is 0 Å². The number of nitrogens with zero attached hydrogens (tertiary/aromatic N) is 1. The van der Waals surface area contributed by atoms with E-state index in [1.807, 2.05) is 0 Å². The van der Waals surface area contributed by atoms with E-state index in [0.717, 1.165) is 6.07 Å². The monoisotopic (exact) mass is 178 g/mol. The van der Waals surface area contributed by atoms with Gasteiger partial charge in [-0.2, -0.15) is 4.39 Å². The zero-order valence-electron chi connectivity index (χ0n) is 5.44. The number of halogens is 1. The Bertz CT molecular complexity index is 263. The van der Waals surface area contributed by atoms with Gasteiger partial charge in [0.15, 0.2) is 5.03 Å². The van der Waals surface area contributed by atoms with E-state index in [-0.39, 0.29) is 5.03 Å². The summed E-state index contributed by atoms with van der Waals surface area (Å²) in [6, 6.07) is 3.64. The van der Waals surface area contributed by atoms with E-state index < -0.39 is 16.7 Å². The summed E-state index contributed by atoms with van der Waals surface area (Å²) >= 11 is 0. The summed E-state index contributed by atoms with van der Waals surface area (Å²) < 4.78 is 29.9. The first-order chi connectivity index (χ1) is 5.00. The van der Waals surface area contributed by atoms with Crippen LogP contribution in [0.1, 0.15) is 0 Å². The molecule has 0 saturated heterocycles. The zero-order chi connectivity index (χ0) is 8.48. The molecule has 0 fully saturated rings. The molecule has 0 amide bonds. The van der Waals surface area contributed by atoms with Crippen molar-refractivity contribution in [1.29, 1.82) is 0 Å². The van der Waals surface area contributed by atoms with Gasteiger partial charge >= 0.3 is 0 Å². The second-order valence-corrected chi connectivity index (χ2v) is 3.50. The number of pyridine rings is 1. The molecular weight excluding hydrogens is 171 g/mol. The second-order valence-electron chi connectivity index (χ2n) is 1.89. The van der Waals surface area contributed by atoms with E-state index in [1.165, 1.54) is 12.1 Å². The topological polar surface area (TPSA) is 79.4 Å². The molecule has 0 aliphatic heterocycles. The van der Waals surface area contributed by atoms with Crippen molar-refractivity contribution in [1.82, 2.24) is 4.98 Å². The van der Waals surface area contributed by atoms with Gasteiger partial charge in [-0.1, -0.05) is 16.8 Å². The largest absolute Gasteiger partial charge is 0.280 e. The Morgan fingerprint density at radius 3 is 2.45 bits per heavy atom. The van der Waals surface area contributed by atoms with Gasteiger partial charge in [0.1, 0.15) is 0 Å². The van der Waals surface area contributed by atoms with Gasteiger partial charge < -0.3 is 0 Å². The standard InChI is InChI=1S/C5H7FN2O2S/c6-4-2-1-3-5(8-4)11(7,9)10/h1-3,9-10H,7H2. The van der Waals surface area contributed by atoms with Crippen molar-refractivity contribution < 1.29 is 13.5 Å². The van der Waals surface area contributed by atoms with Gasteiger partial charge in [0.25, 0.3) is 0 Å². The SMILES string of the molecule is NS(O)(O)c1cccc(F)n1. The Labute approximate surface area is 64.4 Å². The number of hydrogen-bond donors (Lipinski definition) is 3. The fourth-order valence-corrected chi connectivity index (χ4v) is 1.06. The summed E-state index contributed by atoms with van der Waals surface area (Å²) in [7, 11) is -3.38. The van der Waals surface area contributed by atoms with Crippen LogP contribution in [-0.2, 0) is 0 Å². The molecule has 0 radical (unpaired) electrons. The fourth-order valence-electron chi connectivity index (χ4n) is 0.557. The van der Waals surface area contributed by atoms with E-state index in [9.17, 15) is 4.39 Å². The third-order valence-corrected chi connectivity index (χ3v) is 1.84. The van der Waals surface area contributed by atoms with Gasteiger partial charge in [-0.3, -0.25) is 9.11 Å². The average Bonchev–Trinajstić information content (AvgIpc) is 1.86. The zero-order valence-corrected chi connectivity index (χ0v) is 6.25. The molecule has 0 atom stereocenters. The van der Waals surface area contributed by atoms with Gasteiger partial charge in [0, 0.05) is 0 Å². The highest BCUT2D eigenvalue weighted by Crippen LogP contribution is 2.37. The van der Waals surface area contributed by atoms with Crippen LogP contribution in [0, 0.1) is 5.95 Å². The fraction of sp³-hybridized carbons (Fsp3) is 0. The minimum absolute atomic E-state index is 0.238. The Kier molecular flexibility index (Phi) is 2.10. The van der Waals surface area contributed by atoms with Crippen LogP contribution in [0.4, 0.5) is 4.39 Å². The lowest BCUT2D eigenvalue weighted by Crippen LogP contribution is -2.10. The Balaban J connectivity index is 3.06. The van der Waals surface area contributed by atoms with Crippen LogP contribution in [0.2, 0.25) is 0 Å². The highest BCUT2D eigenvalue weighted by Gasteiger charge is 2.10. The highest BCUT2D eigenvalue weighted by molar-refractivity contribution is 8.22. The van der Waals surface area contributed by atoms with Gasteiger partial charge in [0.2, 0.25) is 5.95 Å². The van der Waals surface area contributed by atoms with Crippen molar-refractivity contribution >= 4 is 10.8 Å². The third-order valence-electron chi connectivity index (χ3n) is 0.997. The van der Waals surface area contributed by atoms with E-state index in [2.05, 4.69) is 4.98 Å². The molecule has 0 aliphatic rings. The second kappa shape index (κ2) is 2.74. The number of rotatable bonds is 1. The lowest BCUT2D eigenvalue weighted by atomic mass is 10.5. The summed E-state index contributed by atoms with van der Waals surface area (Å²) in [6.45, 7) is 0. The van der Waals surface area contributed by atoms with Crippen LogP contribution in [0.15, 0.2) is 23.2 Å². The maximum atomic E-state index is 12.3. The molecule has 0 aromatic carbocycles. The molecule has 4 nitrogen and oxygen atoms in total. The molecule has 4 N–H and O–H groups in total. The van der Waals surface area contributed by atoms with E-state index in [4.69, 9.17) is 14.2 Å². The first-order valence-electron chi connectivity index (χ1n) is 2.69. The summed E-state index contributed by atoms with van der Waals surface area (Å²) in [5, 5.41) is 4.65. The van der Waals surface area contributed by atoms with Crippen molar-refractivity contribution in [2.45, 2.75) is 5.03 Å². The van der Waals surface area contributed by atoms with Crippen molar-refractivity contribution in [3.05, 3.63) is 24.1 Å². The van der Waals surface area contributed by atoms with Gasteiger partial charge in [0.05, 0.1) is 0 Å². The normalized spacial score (nSPS) is 13.1. The highest BCUT2D eigenvalue weighted by atomic mass is 32.3. The molecular formula is C5H7FN2O2S. The average molecular weight is 178 g/mol. The molecule has 62 valence electrons. The smallest absolute Gasteiger partial charge is 0.214 e. The molecule has 0 spiro atoms. The van der Waals surface area contributed by atoms with Gasteiger partial charge in [-0.25, -0.2) is 10.1 Å². The molecule has 0 unspecified atom stereocenters. The van der Waals surface area contributed by atoms with Crippen molar-refractivity contribution in [2.24, 2.45) is 5.14 Å². The molecule has 0 saturated carbocycles. The molecule has 0 aliphatic carbocycles. The predicted octanol–water partition coefficient (Wildman–Crippen LogP) is 1.20. The van der Waals surface area contributed by atoms with Crippen LogP contribution >= 0.6 is 10.8 Å². The molecule has 1 rings (SSSR count). The predicted molar refractivity (Wildman–Crippen MR) is 39.5 cm³/mol. The third kappa shape index (κ3) is 2.12. The van der Waals surface area contributed by atoms with Crippen LogP contribution in [0.3, 0.4) is 0 Å². The molecule has 1 heterocycles. The van der Waals surface area contributed by atoms with Crippen LogP contribution in [-0.4, -0.2) is 14.1 Å². The van der Waals surface area contributed by atoms with Crippen LogP contribution in [0.5, 0.6) is 0 Å². The van der Waals surface area contributed by atoms with Crippen LogP contribution < -0.4 is 5.14 Å². The van der Waals surface area contributed by atoms with Gasteiger partial charge in [-0.05, 0) is 12.1 Å². The minimum Gasteiger partial charge on any atom is -0.280 e. The lowest BCUT2D eigenvalue weighted by molar-refractivity contribution is 0.477. The Hall–Kier alpha value is -0.690. The first kappa shape index (κ1) is 8.41. The van der Waals surface area contributed by atoms with Crippen molar-refractivity contribution in [3.8, 4) is 0 Å². The van der Waals surface area contributed by atoms with E-state index in [0.29, 0.717) is 0 Å². The Morgan fingerprint density at radius 2 is 2.09 bits per heavy atom. The summed E-state index contributed by atoms with van der Waals surface area (Å²) in [5.41, 5.74) is 0. The number of nitrogens with two attached hydrogens (primary N) is 1. The number of aromatic nitrogens is 1. The summed E-state index contributed by atoms with van der Waals surface area (Å²) in [6.07, 6.45) is 0. The quantitative estimate of drug-likeness (QED) is 0.564. The van der Waals surface area contributed by atoms with Crippen LogP contribution in [0.25, 0.3) is 0 Å². The summed E-state index contributed by atoms with van der Waals surface area (Å²) in [4.78, 5) is 3.19. The first-order valence-corrected chi connectivity index (χ1v) is 4.30. The summed E-state index contributed by atoms with van der Waals surface area (Å²) in [5.74, 6) is -0.784. The maximum absolute atomic E-state index is 12.3. The maximum Gasteiger partial charge on any atom is 0.214 e. The molecule has 1 aromatic rings. The lowest BCUT2D eigenvalue weighted by Gasteiger charge is -2.24. The van der Waals surface area contributed by atoms with Crippen molar-refractivity contribution in [3.63, 3.8) is 0 Å². The molecule has 1 aromatic heterocycles.